The molecule has 3 rings (SSSR count). The Labute approximate surface area is 153 Å². The van der Waals surface area contributed by atoms with Crippen molar-refractivity contribution in [2.45, 2.75) is 0 Å². The van der Waals surface area contributed by atoms with Gasteiger partial charge in [-0.2, -0.15) is 0 Å². The van der Waals surface area contributed by atoms with Crippen molar-refractivity contribution >= 4 is 74.2 Å². The molecule has 1 aromatic heterocycles. The Kier molecular flexibility index (Phi) is 4.50. The molecule has 1 aliphatic rings. The first-order valence-corrected chi connectivity index (χ1v) is 8.54. The van der Waals surface area contributed by atoms with E-state index in [-0.39, 0.29) is 11.6 Å². The van der Waals surface area contributed by atoms with Gasteiger partial charge in [-0.15, -0.1) is 0 Å². The molecule has 1 fully saturated rings. The molecule has 9 heteroatoms. The van der Waals surface area contributed by atoms with Crippen LogP contribution in [0, 0.1) is 13.9 Å². The van der Waals surface area contributed by atoms with E-state index in [1.807, 2.05) is 22.6 Å². The highest BCUT2D eigenvalue weighted by Gasteiger charge is 2.33. The van der Waals surface area contributed by atoms with Gasteiger partial charge in [0.1, 0.15) is 5.76 Å². The second-order valence-corrected chi connectivity index (χ2v) is 7.17. The number of hydrogen-bond donors (Lipinski definition) is 0. The molecular weight excluding hydrogens is 451 g/mol. The molecule has 1 aromatic carbocycles. The lowest BCUT2D eigenvalue weighted by molar-refractivity contribution is -0.384. The zero-order chi connectivity index (χ0) is 16.6. The van der Waals surface area contributed by atoms with Crippen molar-refractivity contribution in [1.29, 1.82) is 0 Å². The zero-order valence-corrected chi connectivity index (χ0v) is 15.1. The van der Waals surface area contributed by atoms with Crippen molar-refractivity contribution in [3.63, 3.8) is 0 Å². The maximum Gasteiger partial charge on any atom is 0.270 e. The van der Waals surface area contributed by atoms with Crippen molar-refractivity contribution < 1.29 is 14.1 Å². The minimum Gasteiger partial charge on any atom is -0.451 e. The van der Waals surface area contributed by atoms with Gasteiger partial charge >= 0.3 is 0 Å². The molecule has 2 aromatic rings. The summed E-state index contributed by atoms with van der Waals surface area (Å²) in [7, 11) is 0. The zero-order valence-electron chi connectivity index (χ0n) is 11.3. The number of nitro benzene ring substituents is 1. The minimum atomic E-state index is -0.494. The topological polar surface area (TPSA) is 76.6 Å². The Morgan fingerprint density at radius 2 is 1.96 bits per heavy atom. The second-order valence-electron chi connectivity index (χ2n) is 4.43. The van der Waals surface area contributed by atoms with Crippen molar-refractivity contribution in [2.75, 3.05) is 4.90 Å². The number of furan rings is 1. The number of hydrogen-bond acceptors (Lipinski definition) is 6. The van der Waals surface area contributed by atoms with Gasteiger partial charge in [0.15, 0.2) is 8.09 Å². The number of nitro groups is 1. The Balaban J connectivity index is 1.89. The summed E-state index contributed by atoms with van der Waals surface area (Å²) in [6.07, 6.45) is 1.63. The molecule has 116 valence electrons. The van der Waals surface area contributed by atoms with Crippen LogP contribution in [0.1, 0.15) is 5.76 Å². The van der Waals surface area contributed by atoms with Gasteiger partial charge in [-0.05, 0) is 46.9 Å². The van der Waals surface area contributed by atoms with Crippen LogP contribution in [0.2, 0.25) is 0 Å². The van der Waals surface area contributed by atoms with Crippen LogP contribution in [0.25, 0.3) is 6.08 Å². The third kappa shape index (κ3) is 3.31. The van der Waals surface area contributed by atoms with Gasteiger partial charge < -0.3 is 4.42 Å². The van der Waals surface area contributed by atoms with E-state index in [9.17, 15) is 14.9 Å². The van der Waals surface area contributed by atoms with E-state index in [1.54, 1.807) is 18.2 Å². The molecule has 0 radical (unpaired) electrons. The van der Waals surface area contributed by atoms with E-state index in [2.05, 4.69) is 0 Å². The lowest BCUT2D eigenvalue weighted by Gasteiger charge is -2.13. The van der Waals surface area contributed by atoms with Crippen molar-refractivity contribution in [2.24, 2.45) is 0 Å². The van der Waals surface area contributed by atoms with E-state index in [0.717, 1.165) is 15.5 Å². The third-order valence-electron chi connectivity index (χ3n) is 2.98. The quantitative estimate of drug-likeness (QED) is 0.226. The summed E-state index contributed by atoms with van der Waals surface area (Å²) >= 11 is 8.45. The number of anilines is 1. The predicted molar refractivity (Wildman–Crippen MR) is 100 cm³/mol. The molecule has 1 saturated heterocycles. The predicted octanol–water partition coefficient (Wildman–Crippen LogP) is 4.20. The van der Waals surface area contributed by atoms with Crippen LogP contribution in [-0.2, 0) is 4.79 Å². The molecule has 1 aliphatic heterocycles. The van der Waals surface area contributed by atoms with Crippen molar-refractivity contribution in [3.05, 3.63) is 60.9 Å². The van der Waals surface area contributed by atoms with Crippen LogP contribution in [0.4, 0.5) is 11.4 Å². The first kappa shape index (κ1) is 16.1. The highest BCUT2D eigenvalue weighted by atomic mass is 127. The molecule has 0 bridgehead atoms. The maximum atomic E-state index is 12.5. The molecular formula is C14H7IN2O4S2. The third-order valence-corrected chi connectivity index (χ3v) is 4.86. The Morgan fingerprint density at radius 1 is 1.26 bits per heavy atom. The summed E-state index contributed by atoms with van der Waals surface area (Å²) in [5.41, 5.74) is 0.454. The van der Waals surface area contributed by atoms with Gasteiger partial charge in [0, 0.05) is 18.2 Å². The number of rotatable bonds is 3. The van der Waals surface area contributed by atoms with E-state index in [1.165, 1.54) is 29.2 Å². The number of non-ortho nitro benzene ring substituents is 1. The Hall–Kier alpha value is -1.72. The normalized spacial score (nSPS) is 16.4. The monoisotopic (exact) mass is 458 g/mol. The molecule has 0 N–H and O–H groups in total. The smallest absolute Gasteiger partial charge is 0.270 e. The molecule has 0 spiro atoms. The van der Waals surface area contributed by atoms with Crippen LogP contribution in [0.15, 0.2) is 45.7 Å². The highest BCUT2D eigenvalue weighted by molar-refractivity contribution is 14.1. The molecule has 6 nitrogen and oxygen atoms in total. The van der Waals surface area contributed by atoms with Crippen molar-refractivity contribution in [3.8, 4) is 0 Å². The summed E-state index contributed by atoms with van der Waals surface area (Å²) < 4.78 is 6.51. The Bertz CT molecular complexity index is 845. The SMILES string of the molecule is O=C1/C(=C/c2ccc(I)o2)SC(=S)N1c1ccc([N+](=O)[O-])cc1. The fraction of sp³-hybridized carbons (Fsp3) is 0. The van der Waals surface area contributed by atoms with Crippen LogP contribution < -0.4 is 4.90 Å². The molecule has 0 aliphatic carbocycles. The second kappa shape index (κ2) is 6.42. The molecule has 0 atom stereocenters. The van der Waals surface area contributed by atoms with Gasteiger partial charge in [-0.1, -0.05) is 24.0 Å². The maximum absolute atomic E-state index is 12.5. The number of benzene rings is 1. The average molecular weight is 458 g/mol. The summed E-state index contributed by atoms with van der Waals surface area (Å²) in [6, 6.07) is 9.24. The average Bonchev–Trinajstić information content (AvgIpc) is 3.03. The number of thioether (sulfide) groups is 1. The van der Waals surface area contributed by atoms with E-state index < -0.39 is 4.92 Å². The van der Waals surface area contributed by atoms with Gasteiger partial charge in [0.05, 0.1) is 15.5 Å². The molecule has 2 heterocycles. The van der Waals surface area contributed by atoms with Gasteiger partial charge in [-0.3, -0.25) is 19.8 Å². The summed E-state index contributed by atoms with van der Waals surface area (Å²) in [5.74, 6) is 0.291. The van der Waals surface area contributed by atoms with E-state index in [4.69, 9.17) is 16.6 Å². The number of thiocarbonyl (C=S) groups is 1. The summed E-state index contributed by atoms with van der Waals surface area (Å²) in [6.45, 7) is 0. The lowest BCUT2D eigenvalue weighted by atomic mass is 10.2. The fourth-order valence-electron chi connectivity index (χ4n) is 1.95. The standard InChI is InChI=1S/C14H7IN2O4S2/c15-12-6-5-10(21-12)7-11-13(18)16(14(22)23-11)8-1-3-9(4-2-8)17(19)20/h1-7H/b11-7-. The number of carbonyl (C=O) groups excluding carboxylic acids is 1. The number of halogens is 1. The fourth-order valence-corrected chi connectivity index (χ4v) is 3.66. The summed E-state index contributed by atoms with van der Waals surface area (Å²) in [4.78, 5) is 24.5. The number of carbonyl (C=O) groups is 1. The molecule has 0 unspecified atom stereocenters. The first-order valence-electron chi connectivity index (χ1n) is 6.23. The molecule has 1 amide bonds. The number of nitrogens with zero attached hydrogens (tertiary/aromatic N) is 2. The Morgan fingerprint density at radius 3 is 2.52 bits per heavy atom. The highest BCUT2D eigenvalue weighted by Crippen LogP contribution is 2.36. The minimum absolute atomic E-state index is 0.0418. The van der Waals surface area contributed by atoms with Gasteiger partial charge in [0.25, 0.3) is 11.6 Å². The van der Waals surface area contributed by atoms with E-state index >= 15 is 0 Å². The van der Waals surface area contributed by atoms with Crippen LogP contribution >= 0.6 is 46.6 Å². The van der Waals surface area contributed by atoms with Gasteiger partial charge in [0.2, 0.25) is 0 Å². The van der Waals surface area contributed by atoms with Crippen molar-refractivity contribution in [1.82, 2.24) is 0 Å². The summed E-state index contributed by atoms with van der Waals surface area (Å²) in [5, 5.41) is 10.7. The van der Waals surface area contributed by atoms with Crippen LogP contribution in [-0.4, -0.2) is 15.2 Å². The van der Waals surface area contributed by atoms with E-state index in [0.29, 0.717) is 20.7 Å². The number of amides is 1. The largest absolute Gasteiger partial charge is 0.451 e. The van der Waals surface area contributed by atoms with Crippen LogP contribution in [0.5, 0.6) is 0 Å². The van der Waals surface area contributed by atoms with Crippen LogP contribution in [0.3, 0.4) is 0 Å². The lowest BCUT2D eigenvalue weighted by Crippen LogP contribution is -2.27. The first-order chi connectivity index (χ1) is 11.0. The molecule has 0 saturated carbocycles. The molecule has 23 heavy (non-hydrogen) atoms. The van der Waals surface area contributed by atoms with Gasteiger partial charge in [-0.25, -0.2) is 0 Å².